The molecule has 1 heterocycles. The largest absolute Gasteiger partial charge is 0.480 e. The lowest BCUT2D eigenvalue weighted by molar-refractivity contribution is -0.144. The Morgan fingerprint density at radius 3 is 2.70 bits per heavy atom. The number of nitrogens with zero attached hydrogens (tertiary/aromatic N) is 1. The first-order valence-corrected chi connectivity index (χ1v) is 8.15. The van der Waals surface area contributed by atoms with Crippen molar-refractivity contribution in [1.29, 1.82) is 0 Å². The minimum atomic E-state index is -0.875. The van der Waals surface area contributed by atoms with Crippen molar-refractivity contribution in [2.24, 2.45) is 0 Å². The summed E-state index contributed by atoms with van der Waals surface area (Å²) in [7, 11) is 0. The number of rotatable bonds is 10. The lowest BCUT2D eigenvalue weighted by Gasteiger charge is -2.30. The number of likely N-dealkylation sites (tertiary alicyclic amines) is 1. The topological polar surface area (TPSA) is 49.8 Å². The Morgan fingerprint density at radius 2 is 2.05 bits per heavy atom. The van der Waals surface area contributed by atoms with Crippen LogP contribution >= 0.6 is 0 Å². The van der Waals surface area contributed by atoms with Crippen LogP contribution in [0.15, 0.2) is 0 Å². The number of hydrogen-bond acceptors (Lipinski definition) is 3. The molecule has 0 spiro atoms. The van der Waals surface area contributed by atoms with Crippen LogP contribution < -0.4 is 0 Å². The highest BCUT2D eigenvalue weighted by atomic mass is 16.5. The average Bonchev–Trinajstić information content (AvgIpc) is 2.77. The molecule has 118 valence electrons. The minimum Gasteiger partial charge on any atom is -0.480 e. The van der Waals surface area contributed by atoms with Gasteiger partial charge in [-0.25, -0.2) is 4.79 Å². The zero-order valence-electron chi connectivity index (χ0n) is 13.3. The van der Waals surface area contributed by atoms with Gasteiger partial charge in [0.1, 0.15) is 6.61 Å². The van der Waals surface area contributed by atoms with Crippen molar-refractivity contribution in [1.82, 2.24) is 4.90 Å². The van der Waals surface area contributed by atoms with Crippen LogP contribution in [0.1, 0.15) is 65.7 Å². The Bertz CT molecular complexity index is 283. The second-order valence-corrected chi connectivity index (χ2v) is 6.06. The summed E-state index contributed by atoms with van der Waals surface area (Å²) in [5.41, 5.74) is 0. The van der Waals surface area contributed by atoms with Crippen LogP contribution in [0.4, 0.5) is 0 Å². The summed E-state index contributed by atoms with van der Waals surface area (Å²) in [6.45, 7) is 7.55. The summed E-state index contributed by atoms with van der Waals surface area (Å²) in [5, 5.41) is 8.68. The van der Waals surface area contributed by atoms with Crippen LogP contribution in [0.2, 0.25) is 0 Å². The molecule has 0 radical (unpaired) electrons. The number of carboxylic acids is 1. The van der Waals surface area contributed by atoms with E-state index in [4.69, 9.17) is 9.84 Å². The summed E-state index contributed by atoms with van der Waals surface area (Å²) in [6, 6.07) is 0.907. The highest BCUT2D eigenvalue weighted by Gasteiger charge is 2.34. The SMILES string of the molecule is CCCCCCCC(C)N1CC[C@@H](OCC(=O)O)[C@H]1C. The Morgan fingerprint density at radius 1 is 1.35 bits per heavy atom. The van der Waals surface area contributed by atoms with Crippen molar-refractivity contribution in [3.63, 3.8) is 0 Å². The second kappa shape index (κ2) is 9.35. The summed E-state index contributed by atoms with van der Waals surface area (Å²) in [4.78, 5) is 13.0. The first kappa shape index (κ1) is 17.4. The van der Waals surface area contributed by atoms with Gasteiger partial charge in [-0.3, -0.25) is 4.90 Å². The van der Waals surface area contributed by atoms with E-state index in [1.54, 1.807) is 0 Å². The molecule has 0 amide bonds. The van der Waals surface area contributed by atoms with Gasteiger partial charge in [-0.1, -0.05) is 39.0 Å². The molecule has 4 nitrogen and oxygen atoms in total. The van der Waals surface area contributed by atoms with E-state index in [1.807, 2.05) is 0 Å². The quantitative estimate of drug-likeness (QED) is 0.626. The lowest BCUT2D eigenvalue weighted by Crippen LogP contribution is -2.40. The normalized spacial score (nSPS) is 24.9. The van der Waals surface area contributed by atoms with E-state index in [9.17, 15) is 4.79 Å². The third-order valence-corrected chi connectivity index (χ3v) is 4.45. The minimum absolute atomic E-state index is 0.0774. The molecule has 1 saturated heterocycles. The van der Waals surface area contributed by atoms with Gasteiger partial charge in [0.25, 0.3) is 0 Å². The average molecular weight is 285 g/mol. The molecule has 1 rings (SSSR count). The fourth-order valence-corrected chi connectivity index (χ4v) is 3.17. The van der Waals surface area contributed by atoms with Crippen LogP contribution in [0, 0.1) is 0 Å². The number of aliphatic carboxylic acids is 1. The van der Waals surface area contributed by atoms with Gasteiger partial charge in [-0.15, -0.1) is 0 Å². The molecule has 1 unspecified atom stereocenters. The second-order valence-electron chi connectivity index (χ2n) is 6.06. The Kier molecular flexibility index (Phi) is 8.15. The number of carboxylic acid groups (broad SMARTS) is 1. The van der Waals surface area contributed by atoms with E-state index in [2.05, 4.69) is 25.7 Å². The van der Waals surface area contributed by atoms with Gasteiger partial charge in [0.15, 0.2) is 0 Å². The molecular weight excluding hydrogens is 254 g/mol. The van der Waals surface area contributed by atoms with Crippen molar-refractivity contribution in [2.45, 2.75) is 83.9 Å². The van der Waals surface area contributed by atoms with E-state index in [0.29, 0.717) is 12.1 Å². The molecule has 1 aliphatic rings. The number of hydrogen-bond donors (Lipinski definition) is 1. The zero-order valence-corrected chi connectivity index (χ0v) is 13.3. The van der Waals surface area contributed by atoms with Gasteiger partial charge >= 0.3 is 5.97 Å². The first-order chi connectivity index (χ1) is 9.56. The summed E-state index contributed by atoms with van der Waals surface area (Å²) >= 11 is 0. The third-order valence-electron chi connectivity index (χ3n) is 4.45. The maximum atomic E-state index is 10.6. The van der Waals surface area contributed by atoms with Crippen molar-refractivity contribution in [3.05, 3.63) is 0 Å². The smallest absolute Gasteiger partial charge is 0.329 e. The molecule has 0 saturated carbocycles. The lowest BCUT2D eigenvalue weighted by atomic mass is 10.1. The van der Waals surface area contributed by atoms with E-state index in [-0.39, 0.29) is 12.7 Å². The molecule has 0 aromatic carbocycles. The molecule has 0 bridgehead atoms. The van der Waals surface area contributed by atoms with Gasteiger partial charge < -0.3 is 9.84 Å². The summed E-state index contributed by atoms with van der Waals surface area (Å²) < 4.78 is 5.47. The standard InChI is InChI=1S/C16H31NO3/c1-4-5-6-7-8-9-13(2)17-11-10-15(14(17)3)20-12-16(18)19/h13-15H,4-12H2,1-3H3,(H,18,19)/t13?,14-,15-/m1/s1. The van der Waals surface area contributed by atoms with Gasteiger partial charge in [0.05, 0.1) is 6.10 Å². The van der Waals surface area contributed by atoms with Crippen LogP contribution in [0.5, 0.6) is 0 Å². The maximum absolute atomic E-state index is 10.6. The summed E-state index contributed by atoms with van der Waals surface area (Å²) in [6.07, 6.45) is 8.89. The predicted molar refractivity (Wildman–Crippen MR) is 81.0 cm³/mol. The predicted octanol–water partition coefficient (Wildman–Crippen LogP) is 3.30. The molecule has 1 N–H and O–H groups in total. The molecule has 0 aromatic heterocycles. The van der Waals surface area contributed by atoms with E-state index >= 15 is 0 Å². The highest BCUT2D eigenvalue weighted by molar-refractivity contribution is 5.68. The molecule has 4 heteroatoms. The molecule has 3 atom stereocenters. The number of carbonyl (C=O) groups is 1. The highest BCUT2D eigenvalue weighted by Crippen LogP contribution is 2.25. The van der Waals surface area contributed by atoms with Crippen molar-refractivity contribution < 1.29 is 14.6 Å². The van der Waals surface area contributed by atoms with Gasteiger partial charge in [-0.2, -0.15) is 0 Å². The van der Waals surface area contributed by atoms with Crippen molar-refractivity contribution in [3.8, 4) is 0 Å². The molecule has 20 heavy (non-hydrogen) atoms. The molecule has 0 aromatic rings. The maximum Gasteiger partial charge on any atom is 0.329 e. The molecule has 1 fully saturated rings. The van der Waals surface area contributed by atoms with Gasteiger partial charge in [-0.05, 0) is 26.7 Å². The van der Waals surface area contributed by atoms with Gasteiger partial charge in [0.2, 0.25) is 0 Å². The molecule has 1 aliphatic heterocycles. The monoisotopic (exact) mass is 285 g/mol. The first-order valence-electron chi connectivity index (χ1n) is 8.15. The van der Waals surface area contributed by atoms with Crippen molar-refractivity contribution in [2.75, 3.05) is 13.2 Å². The van der Waals surface area contributed by atoms with Crippen LogP contribution in [-0.4, -0.2) is 47.3 Å². The van der Waals surface area contributed by atoms with Gasteiger partial charge in [0, 0.05) is 18.6 Å². The van der Waals surface area contributed by atoms with Crippen LogP contribution in [0.25, 0.3) is 0 Å². The zero-order chi connectivity index (χ0) is 15.0. The van der Waals surface area contributed by atoms with Crippen LogP contribution in [-0.2, 0) is 9.53 Å². The Hall–Kier alpha value is -0.610. The fourth-order valence-electron chi connectivity index (χ4n) is 3.17. The molecular formula is C16H31NO3. The number of ether oxygens (including phenoxy) is 1. The van der Waals surface area contributed by atoms with E-state index < -0.39 is 5.97 Å². The Balaban J connectivity index is 2.24. The number of unbranched alkanes of at least 4 members (excludes halogenated alkanes) is 4. The van der Waals surface area contributed by atoms with Crippen molar-refractivity contribution >= 4 is 5.97 Å². The van der Waals surface area contributed by atoms with E-state index in [0.717, 1.165) is 13.0 Å². The van der Waals surface area contributed by atoms with E-state index in [1.165, 1.54) is 38.5 Å². The van der Waals surface area contributed by atoms with Crippen LogP contribution in [0.3, 0.4) is 0 Å². The summed E-state index contributed by atoms with van der Waals surface area (Å²) in [5.74, 6) is -0.875. The fraction of sp³-hybridized carbons (Fsp3) is 0.938. The Labute approximate surface area is 123 Å². The molecule has 0 aliphatic carbocycles. The third kappa shape index (κ3) is 5.80.